The van der Waals surface area contributed by atoms with Gasteiger partial charge in [-0.3, -0.25) is 19.2 Å². The van der Waals surface area contributed by atoms with Gasteiger partial charge in [0.05, 0.1) is 25.0 Å². The first-order chi connectivity index (χ1) is 16.7. The molecule has 0 aromatic rings. The average molecular weight is 530 g/mol. The number of aliphatic hydroxyl groups is 1. The number of esters is 1. The fourth-order valence-corrected chi connectivity index (χ4v) is 6.06. The number of hydrogen-bond acceptors (Lipinski definition) is 8. The Bertz CT molecular complexity index is 766. The van der Waals surface area contributed by atoms with Gasteiger partial charge in [-0.2, -0.15) is 0 Å². The van der Waals surface area contributed by atoms with E-state index in [-0.39, 0.29) is 18.8 Å². The van der Waals surface area contributed by atoms with Gasteiger partial charge in [0.15, 0.2) is 0 Å². The summed E-state index contributed by atoms with van der Waals surface area (Å²) in [6, 6.07) is -2.35. The molecule has 0 radical (unpaired) electrons. The molecule has 0 spiro atoms. The van der Waals surface area contributed by atoms with Crippen LogP contribution in [0.3, 0.4) is 0 Å². The molecule has 2 aliphatic rings. The second-order valence-electron chi connectivity index (χ2n) is 9.07. The monoisotopic (exact) mass is 529 g/mol. The lowest BCUT2D eigenvalue weighted by molar-refractivity contribution is -0.151. The summed E-state index contributed by atoms with van der Waals surface area (Å²) >= 11 is 0. The summed E-state index contributed by atoms with van der Waals surface area (Å²) in [6.45, 7) is 5.82. The molecule has 2 aliphatic heterocycles. The van der Waals surface area contributed by atoms with E-state index in [0.717, 1.165) is 18.6 Å². The van der Waals surface area contributed by atoms with Gasteiger partial charge in [-0.15, -0.1) is 0 Å². The van der Waals surface area contributed by atoms with Crippen molar-refractivity contribution in [3.8, 4) is 0 Å². The van der Waals surface area contributed by atoms with E-state index in [1.807, 2.05) is 26.8 Å². The molecule has 2 heterocycles. The van der Waals surface area contributed by atoms with Crippen LogP contribution in [0.5, 0.6) is 0 Å². The molecule has 9 nitrogen and oxygen atoms in total. The van der Waals surface area contributed by atoms with Gasteiger partial charge in [0.2, 0.25) is 17.7 Å². The van der Waals surface area contributed by atoms with Crippen LogP contribution < -0.4 is 16.0 Å². The van der Waals surface area contributed by atoms with E-state index in [0.29, 0.717) is 25.0 Å². The Morgan fingerprint density at radius 2 is 1.86 bits per heavy atom. The number of ether oxygens (including phenoxy) is 1. The lowest BCUT2D eigenvalue weighted by atomic mass is 9.92. The molecule has 1 unspecified atom stereocenters. The summed E-state index contributed by atoms with van der Waals surface area (Å²) in [7, 11) is 3.06. The highest BCUT2D eigenvalue weighted by atomic mass is 33.1. The molecule has 35 heavy (non-hydrogen) atoms. The molecule has 6 atom stereocenters. The summed E-state index contributed by atoms with van der Waals surface area (Å²) in [5.74, 6) is -0.959. The first-order valence-corrected chi connectivity index (χ1v) is 14.9. The summed E-state index contributed by atoms with van der Waals surface area (Å²) in [5.41, 5.74) is 0. The Morgan fingerprint density at radius 1 is 1.09 bits per heavy atom. The fraction of sp³-hybridized carbons (Fsp3) is 0.750. The molecule has 198 valence electrons. The van der Waals surface area contributed by atoms with E-state index in [2.05, 4.69) is 16.0 Å². The Morgan fingerprint density at radius 3 is 2.57 bits per heavy atom. The summed E-state index contributed by atoms with van der Waals surface area (Å²) in [6.07, 6.45) is 4.47. The highest BCUT2D eigenvalue weighted by Crippen LogP contribution is 2.24. The van der Waals surface area contributed by atoms with Gasteiger partial charge in [0.25, 0.3) is 0 Å². The number of nitrogens with one attached hydrogen (secondary N) is 3. The van der Waals surface area contributed by atoms with Crippen molar-refractivity contribution in [2.45, 2.75) is 96.1 Å². The normalized spacial score (nSPS) is 31.5. The Kier molecular flexibility index (Phi) is 13.0. The smallest absolute Gasteiger partial charge is 0.309 e. The molecular formula is C24H39N3O6S2. The SMILES string of the molecule is CCCC[C@H]1NC(=O)C[C@H]2/C=C/CCSSC[C@@H](NC1=O)C(=O)N[C@H](C(C)CC)[C@@H](O)CC(=O)O2. The highest BCUT2D eigenvalue weighted by molar-refractivity contribution is 8.76. The van der Waals surface area contributed by atoms with Crippen LogP contribution in [-0.2, 0) is 23.9 Å². The van der Waals surface area contributed by atoms with Gasteiger partial charge in [-0.1, -0.05) is 67.7 Å². The maximum atomic E-state index is 13.3. The first kappa shape index (κ1) is 29.5. The molecule has 0 aromatic heterocycles. The molecule has 2 bridgehead atoms. The van der Waals surface area contributed by atoms with E-state index >= 15 is 0 Å². The van der Waals surface area contributed by atoms with Gasteiger partial charge < -0.3 is 25.8 Å². The van der Waals surface area contributed by atoms with Crippen LogP contribution in [-0.4, -0.2) is 70.6 Å². The number of hydrogen-bond donors (Lipinski definition) is 4. The van der Waals surface area contributed by atoms with E-state index in [1.54, 1.807) is 16.9 Å². The molecule has 0 aliphatic carbocycles. The van der Waals surface area contributed by atoms with Crippen LogP contribution in [0.4, 0.5) is 0 Å². The van der Waals surface area contributed by atoms with Crippen molar-refractivity contribution in [3.63, 3.8) is 0 Å². The zero-order valence-corrected chi connectivity index (χ0v) is 22.4. The molecule has 0 saturated carbocycles. The number of allylic oxidation sites excluding steroid dienone is 1. The summed E-state index contributed by atoms with van der Waals surface area (Å²) in [5, 5.41) is 19.3. The third-order valence-electron chi connectivity index (χ3n) is 6.19. The number of carbonyl (C=O) groups excluding carboxylic acids is 4. The molecule has 1 fully saturated rings. The zero-order chi connectivity index (χ0) is 25.8. The zero-order valence-electron chi connectivity index (χ0n) is 20.8. The minimum absolute atomic E-state index is 0.120. The van der Waals surface area contributed by atoms with Crippen molar-refractivity contribution >= 4 is 45.3 Å². The lowest BCUT2D eigenvalue weighted by Gasteiger charge is -2.31. The van der Waals surface area contributed by atoms with Crippen LogP contribution in [0.1, 0.15) is 65.7 Å². The van der Waals surface area contributed by atoms with Gasteiger partial charge in [0.1, 0.15) is 18.2 Å². The van der Waals surface area contributed by atoms with Crippen molar-refractivity contribution in [2.24, 2.45) is 5.92 Å². The Labute approximate surface area is 215 Å². The fourth-order valence-electron chi connectivity index (χ4n) is 3.91. The van der Waals surface area contributed by atoms with E-state index in [4.69, 9.17) is 4.74 Å². The molecule has 1 saturated heterocycles. The number of fused-ring (bicyclic) bond motifs is 7. The van der Waals surface area contributed by atoms with Crippen LogP contribution >= 0.6 is 21.6 Å². The molecule has 0 aromatic carbocycles. The van der Waals surface area contributed by atoms with Crippen LogP contribution in [0, 0.1) is 5.92 Å². The second kappa shape index (κ2) is 15.4. The standard InChI is InChI=1S/C24H39N3O6S2/c1-4-6-10-17-23(31)26-18-14-35-34-11-8-7-9-16(12-20(29)25-17)33-21(30)13-19(28)22(15(3)5-2)27-24(18)32/h7,9,15-19,22,28H,4-6,8,10-14H2,1-3H3,(H,25,29)(H,26,31)(H,27,32)/b9-7+/t15?,16-,17-,18-,19+,22-/m1/s1. The van der Waals surface area contributed by atoms with Gasteiger partial charge in [-0.25, -0.2) is 0 Å². The van der Waals surface area contributed by atoms with Crippen LogP contribution in [0.15, 0.2) is 12.2 Å². The first-order valence-electron chi connectivity index (χ1n) is 12.4. The lowest BCUT2D eigenvalue weighted by Crippen LogP contribution is -2.58. The Hall–Kier alpha value is -1.72. The number of unbranched alkanes of at least 4 members (excludes halogenated alkanes) is 1. The van der Waals surface area contributed by atoms with E-state index < -0.39 is 54.0 Å². The van der Waals surface area contributed by atoms with Crippen LogP contribution in [0.2, 0.25) is 0 Å². The van der Waals surface area contributed by atoms with Crippen molar-refractivity contribution in [1.29, 1.82) is 0 Å². The third kappa shape index (κ3) is 10.0. The largest absolute Gasteiger partial charge is 0.457 e. The van der Waals surface area contributed by atoms with Gasteiger partial charge >= 0.3 is 5.97 Å². The minimum atomic E-state index is -1.17. The average Bonchev–Trinajstić information content (AvgIpc) is 2.81. The highest BCUT2D eigenvalue weighted by Gasteiger charge is 2.34. The molecule has 4 N–H and O–H groups in total. The Balaban J connectivity index is 2.46. The molecule has 2 rings (SSSR count). The minimum Gasteiger partial charge on any atom is -0.457 e. The van der Waals surface area contributed by atoms with Crippen LogP contribution in [0.25, 0.3) is 0 Å². The number of aliphatic hydroxyl groups excluding tert-OH is 1. The van der Waals surface area contributed by atoms with Crippen molar-refractivity contribution in [3.05, 3.63) is 12.2 Å². The molecule has 11 heteroatoms. The summed E-state index contributed by atoms with van der Waals surface area (Å²) in [4.78, 5) is 51.9. The van der Waals surface area contributed by atoms with E-state index in [1.165, 1.54) is 10.8 Å². The molecular weight excluding hydrogens is 490 g/mol. The predicted molar refractivity (Wildman–Crippen MR) is 139 cm³/mol. The number of carbonyl (C=O) groups is 4. The van der Waals surface area contributed by atoms with Gasteiger partial charge in [0, 0.05) is 11.5 Å². The second-order valence-corrected chi connectivity index (χ2v) is 11.7. The maximum Gasteiger partial charge on any atom is 0.309 e. The van der Waals surface area contributed by atoms with Crippen molar-refractivity contribution in [1.82, 2.24) is 16.0 Å². The number of rotatable bonds is 5. The van der Waals surface area contributed by atoms with Crippen molar-refractivity contribution < 1.29 is 29.0 Å². The molecule has 3 amide bonds. The third-order valence-corrected chi connectivity index (χ3v) is 8.64. The predicted octanol–water partition coefficient (Wildman–Crippen LogP) is 2.08. The van der Waals surface area contributed by atoms with Crippen molar-refractivity contribution in [2.75, 3.05) is 11.5 Å². The quantitative estimate of drug-likeness (QED) is 0.242. The topological polar surface area (TPSA) is 134 Å². The van der Waals surface area contributed by atoms with Gasteiger partial charge in [-0.05, 0) is 24.8 Å². The number of amides is 3. The van der Waals surface area contributed by atoms with E-state index in [9.17, 15) is 24.3 Å². The maximum absolute atomic E-state index is 13.3. The summed E-state index contributed by atoms with van der Waals surface area (Å²) < 4.78 is 5.54.